The predicted octanol–water partition coefficient (Wildman–Crippen LogP) is 2.62. The van der Waals surface area contributed by atoms with E-state index in [9.17, 15) is 29.1 Å². The van der Waals surface area contributed by atoms with Gasteiger partial charge in [0.1, 0.15) is 0 Å². The van der Waals surface area contributed by atoms with Crippen LogP contribution in [0.25, 0.3) is 0 Å². The van der Waals surface area contributed by atoms with Crippen molar-refractivity contribution in [2.24, 2.45) is 0 Å². The highest BCUT2D eigenvalue weighted by Gasteiger charge is 2.55. The van der Waals surface area contributed by atoms with Crippen molar-refractivity contribution in [2.75, 3.05) is 6.54 Å². The molecule has 2 heterocycles. The van der Waals surface area contributed by atoms with Crippen LogP contribution in [0.4, 0.5) is 0 Å². The Bertz CT molecular complexity index is 844. The SMILES string of the molecule is CCCCCCC(CN1C(=O)CCCC1=O)(C(=O)O)N1C(=O)c2ccccc2C1=O. The molecule has 0 aromatic heterocycles. The Kier molecular flexibility index (Phi) is 6.34. The van der Waals surface area contributed by atoms with Gasteiger partial charge in [-0.05, 0) is 25.0 Å². The summed E-state index contributed by atoms with van der Waals surface area (Å²) in [5.74, 6) is -3.74. The van der Waals surface area contributed by atoms with E-state index in [0.29, 0.717) is 12.8 Å². The van der Waals surface area contributed by atoms with Gasteiger partial charge >= 0.3 is 5.97 Å². The molecule has 0 bridgehead atoms. The van der Waals surface area contributed by atoms with Gasteiger partial charge in [-0.15, -0.1) is 0 Å². The van der Waals surface area contributed by atoms with E-state index in [1.54, 1.807) is 12.1 Å². The third-order valence-electron chi connectivity index (χ3n) is 5.87. The first-order chi connectivity index (χ1) is 14.3. The fourth-order valence-electron chi connectivity index (χ4n) is 4.19. The Morgan fingerprint density at radius 3 is 2.03 bits per heavy atom. The first kappa shape index (κ1) is 21.7. The number of carboxylic acids is 1. The van der Waals surface area contributed by atoms with Crippen molar-refractivity contribution in [3.63, 3.8) is 0 Å². The summed E-state index contributed by atoms with van der Waals surface area (Å²) in [5, 5.41) is 10.3. The average molecular weight is 414 g/mol. The van der Waals surface area contributed by atoms with Crippen molar-refractivity contribution >= 4 is 29.6 Å². The standard InChI is InChI=1S/C22H26N2O6/c1-2-3-4-7-13-22(21(29)30,14-23-17(25)11-8-12-18(23)26)24-19(27)15-9-5-6-10-16(15)20(24)28/h5-6,9-10H,2-4,7-8,11-14H2,1H3,(H,29,30). The van der Waals surface area contributed by atoms with Gasteiger partial charge in [0.15, 0.2) is 5.54 Å². The lowest BCUT2D eigenvalue weighted by molar-refractivity contribution is -0.157. The molecule has 0 radical (unpaired) electrons. The number of rotatable bonds is 9. The molecule has 1 aromatic rings. The third-order valence-corrected chi connectivity index (χ3v) is 5.87. The maximum atomic E-state index is 13.1. The number of aliphatic carboxylic acids is 1. The number of unbranched alkanes of at least 4 members (excludes halogenated alkanes) is 3. The van der Waals surface area contributed by atoms with Gasteiger partial charge in [0.25, 0.3) is 11.8 Å². The molecule has 2 aliphatic heterocycles. The molecule has 0 saturated carbocycles. The number of fused-ring (bicyclic) bond motifs is 1. The maximum absolute atomic E-state index is 13.1. The highest BCUT2D eigenvalue weighted by molar-refractivity contribution is 6.23. The summed E-state index contributed by atoms with van der Waals surface area (Å²) in [7, 11) is 0. The summed E-state index contributed by atoms with van der Waals surface area (Å²) in [6.45, 7) is 1.50. The van der Waals surface area contributed by atoms with E-state index in [2.05, 4.69) is 0 Å². The van der Waals surface area contributed by atoms with Crippen LogP contribution in [0.15, 0.2) is 24.3 Å². The molecule has 2 aliphatic rings. The molecule has 4 amide bonds. The predicted molar refractivity (Wildman–Crippen MR) is 107 cm³/mol. The van der Waals surface area contributed by atoms with E-state index >= 15 is 0 Å². The molecule has 8 nitrogen and oxygen atoms in total. The average Bonchev–Trinajstić information content (AvgIpc) is 2.98. The summed E-state index contributed by atoms with van der Waals surface area (Å²) >= 11 is 0. The van der Waals surface area contributed by atoms with Gasteiger partial charge in [0.05, 0.1) is 17.7 Å². The Labute approximate surface area is 174 Å². The van der Waals surface area contributed by atoms with Crippen LogP contribution < -0.4 is 0 Å². The van der Waals surface area contributed by atoms with Gasteiger partial charge in [0.2, 0.25) is 11.8 Å². The van der Waals surface area contributed by atoms with Crippen LogP contribution in [0, 0.1) is 0 Å². The van der Waals surface area contributed by atoms with Crippen molar-refractivity contribution in [1.82, 2.24) is 9.80 Å². The molecule has 1 aromatic carbocycles. The minimum atomic E-state index is -2.00. The summed E-state index contributed by atoms with van der Waals surface area (Å²) < 4.78 is 0. The van der Waals surface area contributed by atoms with Crippen molar-refractivity contribution in [3.05, 3.63) is 35.4 Å². The Morgan fingerprint density at radius 1 is 0.967 bits per heavy atom. The number of imide groups is 2. The molecule has 1 fully saturated rings. The van der Waals surface area contributed by atoms with E-state index < -0.39 is 41.7 Å². The Morgan fingerprint density at radius 2 is 1.53 bits per heavy atom. The molecule has 30 heavy (non-hydrogen) atoms. The maximum Gasteiger partial charge on any atom is 0.332 e. The van der Waals surface area contributed by atoms with E-state index in [1.807, 2.05) is 6.92 Å². The van der Waals surface area contributed by atoms with Crippen LogP contribution in [0.1, 0.15) is 79.0 Å². The van der Waals surface area contributed by atoms with E-state index in [1.165, 1.54) is 12.1 Å². The largest absolute Gasteiger partial charge is 0.479 e. The molecule has 160 valence electrons. The number of amides is 4. The second-order valence-electron chi connectivity index (χ2n) is 7.87. The van der Waals surface area contributed by atoms with E-state index in [4.69, 9.17) is 0 Å². The molecule has 1 unspecified atom stereocenters. The van der Waals surface area contributed by atoms with E-state index in [0.717, 1.165) is 29.1 Å². The Hall–Kier alpha value is -3.03. The lowest BCUT2D eigenvalue weighted by Crippen LogP contribution is -2.64. The smallest absolute Gasteiger partial charge is 0.332 e. The summed E-state index contributed by atoms with van der Waals surface area (Å²) in [4.78, 5) is 65.3. The van der Waals surface area contributed by atoms with Gasteiger partial charge < -0.3 is 5.11 Å². The zero-order chi connectivity index (χ0) is 21.9. The van der Waals surface area contributed by atoms with Crippen LogP contribution >= 0.6 is 0 Å². The fourth-order valence-corrected chi connectivity index (χ4v) is 4.19. The van der Waals surface area contributed by atoms with Gasteiger partial charge in [-0.3, -0.25) is 29.0 Å². The first-order valence-electron chi connectivity index (χ1n) is 10.4. The first-order valence-corrected chi connectivity index (χ1v) is 10.4. The van der Waals surface area contributed by atoms with Gasteiger partial charge in [0, 0.05) is 12.8 Å². The number of hydrogen-bond donors (Lipinski definition) is 1. The minimum Gasteiger partial charge on any atom is -0.479 e. The third kappa shape index (κ3) is 3.74. The Balaban J connectivity index is 2.03. The fraction of sp³-hybridized carbons (Fsp3) is 0.500. The van der Waals surface area contributed by atoms with Gasteiger partial charge in [-0.25, -0.2) is 4.79 Å². The lowest BCUT2D eigenvalue weighted by atomic mass is 9.88. The molecule has 8 heteroatoms. The highest BCUT2D eigenvalue weighted by Crippen LogP contribution is 2.35. The number of nitrogens with zero attached hydrogens (tertiary/aromatic N) is 2. The summed E-state index contributed by atoms with van der Waals surface area (Å²) in [6, 6.07) is 6.18. The van der Waals surface area contributed by atoms with Gasteiger partial charge in [-0.2, -0.15) is 0 Å². The molecule has 1 N–H and O–H groups in total. The minimum absolute atomic E-state index is 0.0230. The van der Waals surface area contributed by atoms with Crippen LogP contribution in [-0.4, -0.2) is 56.6 Å². The quantitative estimate of drug-likeness (QED) is 0.491. The molecule has 1 atom stereocenters. The number of carbonyl (C=O) groups is 5. The second kappa shape index (κ2) is 8.77. The number of hydrogen-bond acceptors (Lipinski definition) is 5. The van der Waals surface area contributed by atoms with Crippen LogP contribution in [0.5, 0.6) is 0 Å². The number of carboxylic acid groups (broad SMARTS) is 1. The van der Waals surface area contributed by atoms with Crippen molar-refractivity contribution in [2.45, 2.75) is 63.8 Å². The van der Waals surface area contributed by atoms with Crippen molar-refractivity contribution in [1.29, 1.82) is 0 Å². The molecule has 0 aliphatic carbocycles. The number of piperidine rings is 1. The molecule has 0 spiro atoms. The topological polar surface area (TPSA) is 112 Å². The highest BCUT2D eigenvalue weighted by atomic mass is 16.4. The summed E-state index contributed by atoms with van der Waals surface area (Å²) in [5.41, 5.74) is -1.72. The van der Waals surface area contributed by atoms with Crippen molar-refractivity contribution < 1.29 is 29.1 Å². The van der Waals surface area contributed by atoms with Gasteiger partial charge in [-0.1, -0.05) is 44.7 Å². The van der Waals surface area contributed by atoms with E-state index in [-0.39, 0.29) is 30.4 Å². The van der Waals surface area contributed by atoms with Crippen molar-refractivity contribution in [3.8, 4) is 0 Å². The molecular weight excluding hydrogens is 388 g/mol. The number of likely N-dealkylation sites (tertiary alicyclic amines) is 1. The zero-order valence-electron chi connectivity index (χ0n) is 17.1. The van der Waals surface area contributed by atoms with Crippen LogP contribution in [-0.2, 0) is 14.4 Å². The van der Waals surface area contributed by atoms with Crippen LogP contribution in [0.2, 0.25) is 0 Å². The van der Waals surface area contributed by atoms with Crippen LogP contribution in [0.3, 0.4) is 0 Å². The molecule has 1 saturated heterocycles. The monoisotopic (exact) mass is 414 g/mol. The number of carbonyl (C=O) groups excluding carboxylic acids is 4. The summed E-state index contributed by atoms with van der Waals surface area (Å²) in [6.07, 6.45) is 3.64. The zero-order valence-corrected chi connectivity index (χ0v) is 17.1. The normalized spacial score (nSPS) is 18.6. The second-order valence-corrected chi connectivity index (χ2v) is 7.87. The molecule has 3 rings (SSSR count). The number of benzene rings is 1. The molecular formula is C22H26N2O6. The lowest BCUT2D eigenvalue weighted by Gasteiger charge is -2.40.